The van der Waals surface area contributed by atoms with Gasteiger partial charge in [-0.05, 0) is 67.1 Å². The Morgan fingerprint density at radius 3 is 2.29 bits per heavy atom. The minimum atomic E-state index is 0.322. The molecule has 1 amide bonds. The van der Waals surface area contributed by atoms with Gasteiger partial charge in [0, 0.05) is 25.3 Å². The van der Waals surface area contributed by atoms with E-state index < -0.39 is 0 Å². The Balaban J connectivity index is 1.71. The molecule has 21 heavy (non-hydrogen) atoms. The molecule has 0 spiro atoms. The fourth-order valence-corrected chi connectivity index (χ4v) is 7.01. The molecule has 0 aromatic rings. The fraction of sp³-hybridized carbons (Fsp3) is 0.944. The van der Waals surface area contributed by atoms with Gasteiger partial charge in [-0.2, -0.15) is 0 Å². The number of carbonyl (C=O) groups excluding carboxylic acids is 1. The predicted molar refractivity (Wildman–Crippen MR) is 90.5 cm³/mol. The largest absolute Gasteiger partial charge is 0.346 e. The first-order valence-electron chi connectivity index (χ1n) is 8.57. The van der Waals surface area contributed by atoms with Crippen LogP contribution in [0.4, 0.5) is 0 Å². The summed E-state index contributed by atoms with van der Waals surface area (Å²) in [5, 5.41) is 0.980. The zero-order valence-corrected chi connectivity index (χ0v) is 15.5. The van der Waals surface area contributed by atoms with Gasteiger partial charge in [0.25, 0.3) is 0 Å². The molecule has 4 saturated carbocycles. The van der Waals surface area contributed by atoms with E-state index >= 15 is 0 Å². The summed E-state index contributed by atoms with van der Waals surface area (Å²) in [6.45, 7) is 5.87. The molecule has 0 N–H and O–H groups in total. The Kier molecular flexibility index (Phi) is 3.96. The zero-order chi connectivity index (χ0) is 15.3. The van der Waals surface area contributed by atoms with Crippen LogP contribution in [0.25, 0.3) is 0 Å². The van der Waals surface area contributed by atoms with Crippen LogP contribution in [0.15, 0.2) is 0 Å². The van der Waals surface area contributed by atoms with Crippen LogP contribution in [-0.2, 0) is 4.79 Å². The lowest BCUT2D eigenvalue weighted by Gasteiger charge is -2.65. The quantitative estimate of drug-likeness (QED) is 0.659. The zero-order valence-electron chi connectivity index (χ0n) is 13.9. The molecule has 3 heteroatoms. The van der Waals surface area contributed by atoms with Gasteiger partial charge in [0.15, 0.2) is 0 Å². The lowest BCUT2D eigenvalue weighted by molar-refractivity contribution is -0.160. The Morgan fingerprint density at radius 2 is 1.76 bits per heavy atom. The van der Waals surface area contributed by atoms with Crippen molar-refractivity contribution in [3.05, 3.63) is 0 Å². The Hall–Kier alpha value is -0.0500. The highest BCUT2D eigenvalue weighted by molar-refractivity contribution is 9.09. The van der Waals surface area contributed by atoms with Crippen LogP contribution < -0.4 is 0 Å². The van der Waals surface area contributed by atoms with Crippen LogP contribution in [0, 0.1) is 22.2 Å². The minimum absolute atomic E-state index is 0.322. The van der Waals surface area contributed by atoms with Crippen molar-refractivity contribution in [3.63, 3.8) is 0 Å². The average molecular weight is 356 g/mol. The summed E-state index contributed by atoms with van der Waals surface area (Å²) in [6.07, 6.45) is 9.98. The maximum absolute atomic E-state index is 12.7. The van der Waals surface area contributed by atoms with Gasteiger partial charge in [-0.1, -0.05) is 29.8 Å². The first kappa shape index (κ1) is 15.8. The Morgan fingerprint density at radius 1 is 1.14 bits per heavy atom. The second kappa shape index (κ2) is 5.25. The molecule has 0 aromatic carbocycles. The molecular formula is C18H30BrNO. The van der Waals surface area contributed by atoms with E-state index in [9.17, 15) is 4.79 Å². The van der Waals surface area contributed by atoms with Gasteiger partial charge >= 0.3 is 0 Å². The number of rotatable bonds is 5. The third-order valence-electron chi connectivity index (χ3n) is 6.32. The maximum Gasteiger partial charge on any atom is 0.222 e. The molecule has 4 rings (SSSR count). The molecule has 2 atom stereocenters. The van der Waals surface area contributed by atoms with Crippen molar-refractivity contribution in [2.24, 2.45) is 22.2 Å². The molecule has 2 nitrogen and oxygen atoms in total. The monoisotopic (exact) mass is 355 g/mol. The number of nitrogens with zero attached hydrogens (tertiary/aromatic N) is 1. The standard InChI is InChI=1S/C18H30BrNO/c1-16-7-14-8-17(2,11-16)13-18(9-14,12-16)10-15(21)20(3)6-4-5-19/h14H,4-13H2,1-3H3. The smallest absolute Gasteiger partial charge is 0.222 e. The van der Waals surface area contributed by atoms with Crippen molar-refractivity contribution in [1.82, 2.24) is 4.90 Å². The molecule has 4 fully saturated rings. The minimum Gasteiger partial charge on any atom is -0.346 e. The predicted octanol–water partition coefficient (Wildman–Crippen LogP) is 4.62. The molecule has 4 aliphatic rings. The molecule has 2 unspecified atom stereocenters. The van der Waals surface area contributed by atoms with Gasteiger partial charge in [0.05, 0.1) is 0 Å². The molecule has 0 aromatic heterocycles. The van der Waals surface area contributed by atoms with Gasteiger partial charge in [-0.3, -0.25) is 4.79 Å². The topological polar surface area (TPSA) is 20.3 Å². The van der Waals surface area contributed by atoms with Crippen LogP contribution in [-0.4, -0.2) is 29.7 Å². The van der Waals surface area contributed by atoms with Crippen molar-refractivity contribution in [2.45, 2.75) is 65.2 Å². The number of hydrogen-bond donors (Lipinski definition) is 0. The summed E-state index contributed by atoms with van der Waals surface area (Å²) in [5.74, 6) is 1.27. The fourth-order valence-electron chi connectivity index (χ4n) is 6.76. The van der Waals surface area contributed by atoms with Crippen LogP contribution >= 0.6 is 15.9 Å². The summed E-state index contributed by atoms with van der Waals surface area (Å²) in [5.41, 5.74) is 1.36. The molecule has 4 bridgehead atoms. The summed E-state index contributed by atoms with van der Waals surface area (Å²) >= 11 is 3.46. The molecule has 0 saturated heterocycles. The summed E-state index contributed by atoms with van der Waals surface area (Å²) in [7, 11) is 1.98. The third kappa shape index (κ3) is 3.04. The van der Waals surface area contributed by atoms with Gasteiger partial charge in [0.2, 0.25) is 5.91 Å². The van der Waals surface area contributed by atoms with Crippen molar-refractivity contribution >= 4 is 21.8 Å². The first-order valence-corrected chi connectivity index (χ1v) is 9.69. The summed E-state index contributed by atoms with van der Waals surface area (Å²) < 4.78 is 0. The van der Waals surface area contributed by atoms with E-state index in [-0.39, 0.29) is 0 Å². The SMILES string of the molecule is CN(CCCBr)C(=O)CC12CC3CC(C)(CC(C)(C3)C1)C2. The number of hydrogen-bond acceptors (Lipinski definition) is 1. The highest BCUT2D eigenvalue weighted by Gasteiger charge is 2.60. The van der Waals surface area contributed by atoms with Gasteiger partial charge in [-0.25, -0.2) is 0 Å². The second-order valence-corrected chi connectivity index (χ2v) is 9.96. The number of halogens is 1. The lowest BCUT2D eigenvalue weighted by atomic mass is 9.40. The van der Waals surface area contributed by atoms with Crippen LogP contribution in [0.1, 0.15) is 65.2 Å². The highest BCUT2D eigenvalue weighted by Crippen LogP contribution is 2.70. The maximum atomic E-state index is 12.7. The van der Waals surface area contributed by atoms with Gasteiger partial charge < -0.3 is 4.90 Å². The van der Waals surface area contributed by atoms with E-state index in [1.807, 2.05) is 11.9 Å². The van der Waals surface area contributed by atoms with Crippen molar-refractivity contribution in [3.8, 4) is 0 Å². The van der Waals surface area contributed by atoms with E-state index in [1.54, 1.807) is 0 Å². The van der Waals surface area contributed by atoms with Crippen molar-refractivity contribution in [1.29, 1.82) is 0 Å². The molecule has 120 valence electrons. The number of alkyl halides is 1. The second-order valence-electron chi connectivity index (χ2n) is 9.16. The molecule has 0 aliphatic heterocycles. The summed E-state index contributed by atoms with van der Waals surface area (Å²) in [4.78, 5) is 14.6. The van der Waals surface area contributed by atoms with E-state index in [1.165, 1.54) is 38.5 Å². The van der Waals surface area contributed by atoms with Crippen LogP contribution in [0.2, 0.25) is 0 Å². The third-order valence-corrected chi connectivity index (χ3v) is 6.88. The number of amides is 1. The van der Waals surface area contributed by atoms with E-state index in [4.69, 9.17) is 0 Å². The van der Waals surface area contributed by atoms with E-state index in [2.05, 4.69) is 29.8 Å². The normalized spacial score (nSPS) is 44.1. The summed E-state index contributed by atoms with van der Waals surface area (Å²) in [6, 6.07) is 0. The van der Waals surface area contributed by atoms with Crippen molar-refractivity contribution in [2.75, 3.05) is 18.9 Å². The molecule has 0 heterocycles. The van der Waals surface area contributed by atoms with E-state index in [0.717, 1.165) is 30.6 Å². The van der Waals surface area contributed by atoms with Gasteiger partial charge in [0.1, 0.15) is 0 Å². The van der Waals surface area contributed by atoms with E-state index in [0.29, 0.717) is 22.2 Å². The Bertz CT molecular complexity index is 417. The van der Waals surface area contributed by atoms with Crippen LogP contribution in [0.3, 0.4) is 0 Å². The lowest BCUT2D eigenvalue weighted by Crippen LogP contribution is -2.56. The van der Waals surface area contributed by atoms with Gasteiger partial charge in [-0.15, -0.1) is 0 Å². The molecule has 4 aliphatic carbocycles. The number of carbonyl (C=O) groups is 1. The van der Waals surface area contributed by atoms with Crippen molar-refractivity contribution < 1.29 is 4.79 Å². The molecule has 0 radical (unpaired) electrons. The average Bonchev–Trinajstić information content (AvgIpc) is 2.30. The first-order chi connectivity index (χ1) is 9.77. The highest BCUT2D eigenvalue weighted by atomic mass is 79.9. The molecular weight excluding hydrogens is 326 g/mol. The van der Waals surface area contributed by atoms with Crippen LogP contribution in [0.5, 0.6) is 0 Å². The Labute approximate surface area is 138 Å².